The molecule has 1 N–H and O–H groups in total. The van der Waals surface area contributed by atoms with Crippen LogP contribution < -0.4 is 5.32 Å². The number of hydrogen-bond acceptors (Lipinski definition) is 4. The first kappa shape index (κ1) is 10.2. The zero-order valence-electron chi connectivity index (χ0n) is 7.03. The van der Waals surface area contributed by atoms with E-state index in [1.54, 1.807) is 6.08 Å². The van der Waals surface area contributed by atoms with Gasteiger partial charge in [-0.3, -0.25) is 0 Å². The predicted molar refractivity (Wildman–Crippen MR) is 57.3 cm³/mol. The SMILES string of the molecule is C=CCNc1nnc(CC=CCl)s1. The van der Waals surface area contributed by atoms with Crippen LogP contribution in [0.25, 0.3) is 0 Å². The second-order valence-electron chi connectivity index (χ2n) is 2.24. The van der Waals surface area contributed by atoms with E-state index in [1.807, 2.05) is 6.08 Å². The van der Waals surface area contributed by atoms with Crippen LogP contribution in [0.2, 0.25) is 0 Å². The van der Waals surface area contributed by atoms with E-state index in [-0.39, 0.29) is 0 Å². The molecule has 0 aliphatic rings. The van der Waals surface area contributed by atoms with Crippen LogP contribution in [0, 0.1) is 0 Å². The van der Waals surface area contributed by atoms with Gasteiger partial charge in [-0.25, -0.2) is 0 Å². The normalized spacial score (nSPS) is 10.5. The van der Waals surface area contributed by atoms with Crippen molar-refractivity contribution in [2.45, 2.75) is 6.42 Å². The average molecular weight is 216 g/mol. The molecule has 70 valence electrons. The maximum Gasteiger partial charge on any atom is 0.205 e. The number of anilines is 1. The molecule has 0 bridgehead atoms. The summed E-state index contributed by atoms with van der Waals surface area (Å²) >= 11 is 6.91. The van der Waals surface area contributed by atoms with E-state index in [9.17, 15) is 0 Å². The van der Waals surface area contributed by atoms with Gasteiger partial charge in [0.1, 0.15) is 5.01 Å². The van der Waals surface area contributed by atoms with Crippen LogP contribution in [-0.4, -0.2) is 16.7 Å². The van der Waals surface area contributed by atoms with Crippen LogP contribution in [0.3, 0.4) is 0 Å². The molecule has 0 fully saturated rings. The monoisotopic (exact) mass is 215 g/mol. The minimum Gasteiger partial charge on any atom is -0.357 e. The number of halogens is 1. The highest BCUT2D eigenvalue weighted by atomic mass is 35.5. The molecule has 1 aromatic rings. The third-order valence-electron chi connectivity index (χ3n) is 1.25. The molecule has 13 heavy (non-hydrogen) atoms. The highest BCUT2D eigenvalue weighted by Crippen LogP contribution is 2.15. The molecule has 0 spiro atoms. The molecule has 0 amide bonds. The van der Waals surface area contributed by atoms with Gasteiger partial charge in [-0.05, 0) is 0 Å². The fourth-order valence-electron chi connectivity index (χ4n) is 0.712. The Hall–Kier alpha value is -0.870. The quantitative estimate of drug-likeness (QED) is 0.767. The highest BCUT2D eigenvalue weighted by molar-refractivity contribution is 7.15. The lowest BCUT2D eigenvalue weighted by molar-refractivity contribution is 1.01. The minimum atomic E-state index is 0.708. The second-order valence-corrected chi connectivity index (χ2v) is 3.55. The minimum absolute atomic E-state index is 0.708. The fraction of sp³-hybridized carbons (Fsp3) is 0.250. The summed E-state index contributed by atoms with van der Waals surface area (Å²) in [5.41, 5.74) is 1.48. The summed E-state index contributed by atoms with van der Waals surface area (Å²) in [4.78, 5) is 0. The first-order chi connectivity index (χ1) is 6.36. The van der Waals surface area contributed by atoms with Gasteiger partial charge in [-0.2, -0.15) is 0 Å². The maximum atomic E-state index is 5.39. The van der Waals surface area contributed by atoms with Crippen LogP contribution in [0.1, 0.15) is 5.01 Å². The Labute approximate surface area is 86.1 Å². The van der Waals surface area contributed by atoms with Crippen LogP contribution in [0.5, 0.6) is 0 Å². The molecule has 3 nitrogen and oxygen atoms in total. The Morgan fingerprint density at radius 3 is 3.08 bits per heavy atom. The summed E-state index contributed by atoms with van der Waals surface area (Å²) in [5, 5.41) is 12.7. The molecule has 0 aliphatic heterocycles. The van der Waals surface area contributed by atoms with Crippen molar-refractivity contribution in [1.29, 1.82) is 0 Å². The zero-order chi connectivity index (χ0) is 9.52. The lowest BCUT2D eigenvalue weighted by Crippen LogP contribution is -1.96. The van der Waals surface area contributed by atoms with Crippen molar-refractivity contribution in [3.63, 3.8) is 0 Å². The highest BCUT2D eigenvalue weighted by Gasteiger charge is 1.99. The predicted octanol–water partition coefficient (Wildman–Crippen LogP) is 2.43. The van der Waals surface area contributed by atoms with Gasteiger partial charge in [0.2, 0.25) is 5.13 Å². The molecule has 0 aromatic carbocycles. The number of allylic oxidation sites excluding steroid dienone is 1. The summed E-state index contributed by atoms with van der Waals surface area (Å²) in [6, 6.07) is 0. The Morgan fingerprint density at radius 2 is 2.38 bits per heavy atom. The molecule has 0 aliphatic carbocycles. The maximum absolute atomic E-state index is 5.39. The van der Waals surface area contributed by atoms with Crippen molar-refractivity contribution in [3.8, 4) is 0 Å². The molecule has 0 saturated heterocycles. The first-order valence-electron chi connectivity index (χ1n) is 3.79. The summed E-state index contributed by atoms with van der Waals surface area (Å²) in [6.45, 7) is 4.31. The molecule has 1 aromatic heterocycles. The van der Waals surface area contributed by atoms with Gasteiger partial charge in [0.25, 0.3) is 0 Å². The van der Waals surface area contributed by atoms with Gasteiger partial charge in [0, 0.05) is 18.5 Å². The topological polar surface area (TPSA) is 37.8 Å². The largest absolute Gasteiger partial charge is 0.357 e. The number of nitrogens with one attached hydrogen (secondary N) is 1. The van der Waals surface area contributed by atoms with Crippen molar-refractivity contribution >= 4 is 28.1 Å². The lowest BCUT2D eigenvalue weighted by atomic mass is 10.5. The van der Waals surface area contributed by atoms with Gasteiger partial charge >= 0.3 is 0 Å². The molecule has 0 unspecified atom stereocenters. The number of aromatic nitrogens is 2. The third kappa shape index (κ3) is 3.57. The van der Waals surface area contributed by atoms with E-state index in [0.717, 1.165) is 16.6 Å². The van der Waals surface area contributed by atoms with Gasteiger partial charge in [0.15, 0.2) is 0 Å². The summed E-state index contributed by atoms with van der Waals surface area (Å²) < 4.78 is 0. The average Bonchev–Trinajstić information content (AvgIpc) is 2.59. The molecule has 5 heteroatoms. The van der Waals surface area contributed by atoms with E-state index in [0.29, 0.717) is 6.54 Å². The van der Waals surface area contributed by atoms with E-state index in [2.05, 4.69) is 22.1 Å². The van der Waals surface area contributed by atoms with Crippen molar-refractivity contribution in [3.05, 3.63) is 29.3 Å². The molecular weight excluding hydrogens is 206 g/mol. The molecule has 0 radical (unpaired) electrons. The molecular formula is C8H10ClN3S. The summed E-state index contributed by atoms with van der Waals surface area (Å²) in [5.74, 6) is 0. The van der Waals surface area contributed by atoms with Crippen molar-refractivity contribution in [2.75, 3.05) is 11.9 Å². The Bertz CT molecular complexity index is 295. The molecule has 1 rings (SSSR count). The fourth-order valence-corrected chi connectivity index (χ4v) is 1.52. The van der Waals surface area contributed by atoms with Crippen LogP contribution in [-0.2, 0) is 6.42 Å². The number of hydrogen-bond donors (Lipinski definition) is 1. The third-order valence-corrected chi connectivity index (χ3v) is 2.33. The first-order valence-corrected chi connectivity index (χ1v) is 5.04. The van der Waals surface area contributed by atoms with Crippen LogP contribution in [0.15, 0.2) is 24.3 Å². The van der Waals surface area contributed by atoms with E-state index < -0.39 is 0 Å². The van der Waals surface area contributed by atoms with Gasteiger partial charge in [-0.1, -0.05) is 35.1 Å². The Kier molecular flexibility index (Phi) is 4.49. The van der Waals surface area contributed by atoms with Gasteiger partial charge in [-0.15, -0.1) is 16.8 Å². The van der Waals surface area contributed by atoms with Gasteiger partial charge in [0.05, 0.1) is 0 Å². The molecule has 0 atom stereocenters. The second kappa shape index (κ2) is 5.72. The van der Waals surface area contributed by atoms with Crippen molar-refractivity contribution in [2.24, 2.45) is 0 Å². The van der Waals surface area contributed by atoms with E-state index in [4.69, 9.17) is 11.6 Å². The Balaban J connectivity index is 2.48. The number of nitrogens with zero attached hydrogens (tertiary/aromatic N) is 2. The van der Waals surface area contributed by atoms with Crippen molar-refractivity contribution in [1.82, 2.24) is 10.2 Å². The standard InChI is InChI=1S/C8H10ClN3S/c1-2-6-10-8-12-11-7(13-8)4-3-5-9/h2-3,5H,1,4,6H2,(H,10,12). The smallest absolute Gasteiger partial charge is 0.205 e. The van der Waals surface area contributed by atoms with Crippen molar-refractivity contribution < 1.29 is 0 Å². The van der Waals surface area contributed by atoms with Crippen LogP contribution in [0.4, 0.5) is 5.13 Å². The summed E-state index contributed by atoms with van der Waals surface area (Å²) in [7, 11) is 0. The molecule has 1 heterocycles. The van der Waals surface area contributed by atoms with E-state index in [1.165, 1.54) is 16.9 Å². The molecule has 0 saturated carbocycles. The number of rotatable bonds is 5. The van der Waals surface area contributed by atoms with E-state index >= 15 is 0 Å². The lowest BCUT2D eigenvalue weighted by Gasteiger charge is -1.92. The van der Waals surface area contributed by atoms with Crippen LogP contribution >= 0.6 is 22.9 Å². The zero-order valence-corrected chi connectivity index (χ0v) is 8.61. The summed E-state index contributed by atoms with van der Waals surface area (Å²) in [6.07, 6.45) is 4.34. The van der Waals surface area contributed by atoms with Gasteiger partial charge < -0.3 is 5.32 Å². The Morgan fingerprint density at radius 1 is 1.54 bits per heavy atom.